The van der Waals surface area contributed by atoms with E-state index in [1.54, 1.807) is 33.8 Å². The molecule has 4 aromatic carbocycles. The van der Waals surface area contributed by atoms with Crippen LogP contribution in [0.1, 0.15) is 80.9 Å². The van der Waals surface area contributed by atoms with E-state index < -0.39 is 64.7 Å². The Balaban J connectivity index is 1.07. The largest absolute Gasteiger partial charge is 0.508 e. The van der Waals surface area contributed by atoms with Crippen LogP contribution < -0.4 is 64.4 Å². The first-order valence-corrected chi connectivity index (χ1v) is 30.8. The first-order chi connectivity index (χ1) is 43.8. The van der Waals surface area contributed by atoms with E-state index in [1.165, 1.54) is 12.1 Å². The summed E-state index contributed by atoms with van der Waals surface area (Å²) >= 11 is 0. The Kier molecular flexibility index (Phi) is 31.9. The number of guanidine groups is 1. The van der Waals surface area contributed by atoms with Crippen LogP contribution in [0.2, 0.25) is 0 Å². The van der Waals surface area contributed by atoms with Gasteiger partial charge in [-0.15, -0.1) is 0 Å². The van der Waals surface area contributed by atoms with Crippen molar-refractivity contribution in [3.05, 3.63) is 116 Å². The molecule has 1 fully saturated rings. The molecule has 29 heteroatoms. The molecule has 0 radical (unpaired) electrons. The van der Waals surface area contributed by atoms with E-state index in [0.717, 1.165) is 30.4 Å². The molecular formula is C62H89N15O14. The van der Waals surface area contributed by atoms with Gasteiger partial charge in [-0.2, -0.15) is 4.99 Å². The number of aliphatic carboxylic acids is 3. The molecule has 3 atom stereocenters. The summed E-state index contributed by atoms with van der Waals surface area (Å²) in [5, 5.41) is 65.0. The third kappa shape index (κ3) is 26.9. The third-order valence-electron chi connectivity index (χ3n) is 15.0. The van der Waals surface area contributed by atoms with E-state index in [0.29, 0.717) is 82.5 Å². The SMILES string of the molecule is CCC(=O)NCCNC(=O)/N=C(/N)NCCC[C@@H](NC(=O)C(c1ccccc1)c1ccc(NCCCNc2c(NCCCCCCNC(C=O)N3CCN(CC(=O)O)CCN(CC(=O)O)CCN(CC(=O)O)CC3)c(=O)c2=O)cc1)C(=O)NCc1ccc(O)cc1. The van der Waals surface area contributed by atoms with E-state index in [4.69, 9.17) is 5.73 Å². The van der Waals surface area contributed by atoms with E-state index >= 15 is 0 Å². The molecule has 0 aromatic heterocycles. The summed E-state index contributed by atoms with van der Waals surface area (Å²) in [6.45, 7) is 5.64. The number of aliphatic imine (C=N–C) groups is 1. The summed E-state index contributed by atoms with van der Waals surface area (Å²) in [6, 6.07) is 21.2. The number of carboxylic acid groups (broad SMARTS) is 3. The Morgan fingerprint density at radius 3 is 1.66 bits per heavy atom. The minimum atomic E-state index is -1.05. The number of anilines is 3. The Morgan fingerprint density at radius 1 is 0.571 bits per heavy atom. The maximum Gasteiger partial charge on any atom is 0.344 e. The van der Waals surface area contributed by atoms with Crippen molar-refractivity contribution < 1.29 is 58.8 Å². The Hall–Kier alpha value is -9.03. The average Bonchev–Trinajstić information content (AvgIpc) is 0.871. The van der Waals surface area contributed by atoms with Gasteiger partial charge >= 0.3 is 23.9 Å². The van der Waals surface area contributed by atoms with Crippen molar-refractivity contribution in [3.63, 3.8) is 0 Å². The molecule has 29 nitrogen and oxygen atoms in total. The third-order valence-corrected chi connectivity index (χ3v) is 15.0. The molecule has 2 unspecified atom stereocenters. The predicted octanol–water partition coefficient (Wildman–Crippen LogP) is 0.318. The number of aldehydes is 1. The number of amides is 5. The Labute approximate surface area is 528 Å². The number of urea groups is 1. The van der Waals surface area contributed by atoms with Crippen molar-refractivity contribution in [2.45, 2.75) is 83.0 Å². The highest BCUT2D eigenvalue weighted by Gasteiger charge is 2.29. The quantitative estimate of drug-likeness (QED) is 0.00944. The van der Waals surface area contributed by atoms with Crippen LogP contribution in [0.25, 0.3) is 0 Å². The van der Waals surface area contributed by atoms with Gasteiger partial charge in [0.05, 0.1) is 25.6 Å². The van der Waals surface area contributed by atoms with Crippen molar-refractivity contribution in [1.29, 1.82) is 0 Å². The van der Waals surface area contributed by atoms with Gasteiger partial charge < -0.3 is 73.5 Å². The zero-order valence-electron chi connectivity index (χ0n) is 51.6. The zero-order chi connectivity index (χ0) is 65.9. The minimum absolute atomic E-state index is 0.0753. The number of nitrogens with one attached hydrogen (secondary N) is 9. The van der Waals surface area contributed by atoms with Gasteiger partial charge in [-0.3, -0.25) is 63.3 Å². The molecule has 1 aliphatic heterocycles. The molecular weight excluding hydrogens is 1180 g/mol. The second kappa shape index (κ2) is 39.9. The van der Waals surface area contributed by atoms with Crippen LogP contribution in [0.4, 0.5) is 21.9 Å². The second-order valence-corrected chi connectivity index (χ2v) is 21.9. The number of hydrogen-bond donors (Lipinski definition) is 14. The number of benzene rings is 3. The van der Waals surface area contributed by atoms with Gasteiger partial charge in [-0.25, -0.2) is 4.79 Å². The van der Waals surface area contributed by atoms with Crippen molar-refractivity contribution in [2.24, 2.45) is 10.7 Å². The van der Waals surface area contributed by atoms with Gasteiger partial charge in [0.15, 0.2) is 12.2 Å². The number of nitrogens with two attached hydrogens (primary N) is 1. The monoisotopic (exact) mass is 1270 g/mol. The van der Waals surface area contributed by atoms with E-state index in [9.17, 15) is 68.4 Å². The lowest BCUT2D eigenvalue weighted by molar-refractivity contribution is -0.140. The summed E-state index contributed by atoms with van der Waals surface area (Å²) in [7, 11) is 0. The van der Waals surface area contributed by atoms with Crippen molar-refractivity contribution in [3.8, 4) is 5.75 Å². The lowest BCUT2D eigenvalue weighted by Crippen LogP contribution is -2.54. The van der Waals surface area contributed by atoms with Gasteiger partial charge in [0.25, 0.3) is 10.9 Å². The molecule has 5 amide bonds. The molecule has 0 aliphatic carbocycles. The van der Waals surface area contributed by atoms with Crippen LogP contribution in [0, 0.1) is 0 Å². The molecule has 1 aliphatic rings. The van der Waals surface area contributed by atoms with Crippen molar-refractivity contribution >= 4 is 71.0 Å². The van der Waals surface area contributed by atoms with E-state index in [1.807, 2.05) is 59.5 Å². The molecule has 496 valence electrons. The van der Waals surface area contributed by atoms with Gasteiger partial charge in [0.1, 0.15) is 29.3 Å². The fraction of sp³-hybridized carbons (Fsp3) is 0.500. The average molecular weight is 1270 g/mol. The summed E-state index contributed by atoms with van der Waals surface area (Å²) in [6.07, 6.45) is 4.44. The maximum atomic E-state index is 14.4. The highest BCUT2D eigenvalue weighted by Crippen LogP contribution is 2.27. The molecule has 1 heterocycles. The fourth-order valence-electron chi connectivity index (χ4n) is 10.1. The molecule has 0 saturated carbocycles. The summed E-state index contributed by atoms with van der Waals surface area (Å²) in [5.41, 5.74) is 8.08. The number of nitrogens with zero attached hydrogens (tertiary/aromatic N) is 5. The van der Waals surface area contributed by atoms with Crippen LogP contribution >= 0.6 is 0 Å². The number of rotatable bonds is 38. The van der Waals surface area contributed by atoms with Gasteiger partial charge in [0, 0.05) is 110 Å². The number of carbonyl (C=O) groups is 8. The highest BCUT2D eigenvalue weighted by molar-refractivity contribution is 5.93. The van der Waals surface area contributed by atoms with Crippen molar-refractivity contribution in [2.75, 3.05) is 134 Å². The molecule has 5 rings (SSSR count). The predicted molar refractivity (Wildman–Crippen MR) is 344 cm³/mol. The zero-order valence-corrected chi connectivity index (χ0v) is 51.6. The summed E-state index contributed by atoms with van der Waals surface area (Å²) in [5.74, 6) is -5.04. The number of carbonyl (C=O) groups excluding carboxylic acids is 5. The van der Waals surface area contributed by atoms with Gasteiger partial charge in [-0.05, 0) is 79.6 Å². The topological polar surface area (TPSA) is 411 Å². The lowest BCUT2D eigenvalue weighted by atomic mass is 9.90. The van der Waals surface area contributed by atoms with Gasteiger partial charge in [0.2, 0.25) is 17.7 Å². The molecule has 4 aromatic rings. The molecule has 0 bridgehead atoms. The summed E-state index contributed by atoms with van der Waals surface area (Å²) in [4.78, 5) is 135. The summed E-state index contributed by atoms with van der Waals surface area (Å²) < 4.78 is 0. The molecule has 15 N–H and O–H groups in total. The number of hydrogen-bond acceptors (Lipinski definition) is 19. The molecule has 1 saturated heterocycles. The number of unbranched alkanes of at least 4 members (excludes halogenated alkanes) is 3. The molecule has 91 heavy (non-hydrogen) atoms. The normalized spacial score (nSPS) is 14.9. The first kappa shape index (κ1) is 72.7. The standard InChI is InChI=1S/C62H89N15O14/c1-2-50(80)66-28-29-70-62(91)73-61(63)69-25-10-14-48(59(89)71-38-43-15-21-47(79)22-16-43)72-60(90)54(44-12-6-5-7-13-44)45-17-19-46(20-18-45)64-26-11-27-68-56-55(57(87)58(56)88)67-24-9-4-3-8-23-65-49(42-78)77-36-34-75(40-52(83)84)32-30-74(39-51(81)82)31-33-76(35-37-77)41-53(85)86/h5-7,12-13,15-22,42,48-49,54,64-65,67-68,79H,2-4,8-11,14,23-41H2,1H3,(H,66,80)(H,71,89)(H,72,90)(H,81,82)(H,83,84)(H,85,86)(H4,63,69,70,73,91)/t48-,49?,54?/m1/s1. The number of phenols is 1. The van der Waals surface area contributed by atoms with Crippen molar-refractivity contribution in [1.82, 2.24) is 51.5 Å². The van der Waals surface area contributed by atoms with Gasteiger partial charge in [-0.1, -0.05) is 74.4 Å². The Morgan fingerprint density at radius 2 is 1.10 bits per heavy atom. The lowest BCUT2D eigenvalue weighted by Gasteiger charge is -2.35. The minimum Gasteiger partial charge on any atom is -0.508 e. The Bertz CT molecular complexity index is 3020. The van der Waals surface area contributed by atoms with E-state index in [2.05, 4.69) is 52.8 Å². The maximum absolute atomic E-state index is 14.4. The first-order valence-electron chi connectivity index (χ1n) is 30.8. The van der Waals surface area contributed by atoms with Crippen LogP contribution in [0.3, 0.4) is 0 Å². The smallest absolute Gasteiger partial charge is 0.344 e. The molecule has 0 spiro atoms. The van der Waals surface area contributed by atoms with Crippen LogP contribution in [0.5, 0.6) is 5.75 Å². The highest BCUT2D eigenvalue weighted by atomic mass is 16.4. The fourth-order valence-corrected chi connectivity index (χ4v) is 10.1. The van der Waals surface area contributed by atoms with E-state index in [-0.39, 0.29) is 120 Å². The number of phenolic OH excluding ortho intramolecular Hbond substituents is 1. The van der Waals surface area contributed by atoms with Crippen LogP contribution in [0.15, 0.2) is 93.4 Å². The number of aromatic hydroxyl groups is 1. The van der Waals surface area contributed by atoms with Crippen LogP contribution in [-0.2, 0) is 40.1 Å². The van der Waals surface area contributed by atoms with Crippen LogP contribution in [-0.4, -0.2) is 224 Å². The number of carboxylic acids is 3. The second-order valence-electron chi connectivity index (χ2n) is 21.9.